The Morgan fingerprint density at radius 3 is 2.59 bits per heavy atom. The van der Waals surface area contributed by atoms with Crippen molar-refractivity contribution in [1.29, 1.82) is 0 Å². The van der Waals surface area contributed by atoms with Crippen LogP contribution in [0.3, 0.4) is 0 Å². The van der Waals surface area contributed by atoms with Crippen molar-refractivity contribution < 1.29 is 19.0 Å². The minimum absolute atomic E-state index is 0.0756. The first-order valence-corrected chi connectivity index (χ1v) is 11.0. The topological polar surface area (TPSA) is 48.1 Å². The van der Waals surface area contributed by atoms with Gasteiger partial charge in [-0.05, 0) is 49.5 Å². The molecule has 2 unspecified atom stereocenters. The second kappa shape index (κ2) is 4.88. The predicted octanol–water partition coefficient (Wildman–Crippen LogP) is 4.17. The number of hydrogen-bond acceptors (Lipinski definition) is 4. The van der Waals surface area contributed by atoms with Crippen LogP contribution in [-0.4, -0.2) is 36.0 Å². The van der Waals surface area contributed by atoms with Gasteiger partial charge < -0.3 is 14.2 Å². The minimum Gasteiger partial charge on any atom is -0.358 e. The van der Waals surface area contributed by atoms with Gasteiger partial charge in [0.25, 0.3) is 0 Å². The summed E-state index contributed by atoms with van der Waals surface area (Å²) in [7, 11) is 0. The maximum atomic E-state index is 12.5. The first kappa shape index (κ1) is 17.2. The standard InChI is InChI=1S/C23H32O4/c1-19(2)13-25-22(26-14-19)10-11-23-17-7-8-20(3)16(4-5-18(20)24)15(17)6-9-21(23,12-22)27-23/h7,15-16H,4-6,8-14H2,1-3H3/t15-,16-,20-,21?,23?/m0/s1. The van der Waals surface area contributed by atoms with Gasteiger partial charge in [0.2, 0.25) is 0 Å². The van der Waals surface area contributed by atoms with Crippen LogP contribution in [0.5, 0.6) is 0 Å². The highest BCUT2D eigenvalue weighted by atomic mass is 16.7. The number of allylic oxidation sites excluding steroid dienone is 1. The molecule has 4 aliphatic carbocycles. The monoisotopic (exact) mass is 372 g/mol. The first-order chi connectivity index (χ1) is 12.7. The van der Waals surface area contributed by atoms with Crippen LogP contribution in [0.2, 0.25) is 0 Å². The molecule has 27 heavy (non-hydrogen) atoms. The van der Waals surface area contributed by atoms with Crippen LogP contribution < -0.4 is 0 Å². The molecule has 0 amide bonds. The maximum Gasteiger partial charge on any atom is 0.171 e. The Morgan fingerprint density at radius 1 is 1.04 bits per heavy atom. The molecule has 4 nitrogen and oxygen atoms in total. The summed E-state index contributed by atoms with van der Waals surface area (Å²) in [5.41, 5.74) is 1.37. The summed E-state index contributed by atoms with van der Waals surface area (Å²) in [5.74, 6) is 1.13. The number of carbonyl (C=O) groups excluding carboxylic acids is 1. The van der Waals surface area contributed by atoms with E-state index in [2.05, 4.69) is 26.8 Å². The van der Waals surface area contributed by atoms with Crippen LogP contribution >= 0.6 is 0 Å². The van der Waals surface area contributed by atoms with E-state index in [0.717, 1.165) is 64.6 Å². The van der Waals surface area contributed by atoms with Crippen LogP contribution in [0.4, 0.5) is 0 Å². The Morgan fingerprint density at radius 2 is 1.81 bits per heavy atom. The number of epoxide rings is 1. The Bertz CT molecular complexity index is 743. The molecule has 2 heterocycles. The highest BCUT2D eigenvalue weighted by Crippen LogP contribution is 2.73. The number of hydrogen-bond donors (Lipinski definition) is 0. The quantitative estimate of drug-likeness (QED) is 0.473. The van der Waals surface area contributed by atoms with Gasteiger partial charge in [0.15, 0.2) is 5.79 Å². The molecule has 0 aromatic rings. The van der Waals surface area contributed by atoms with Gasteiger partial charge in [-0.3, -0.25) is 4.79 Å². The molecule has 1 spiro atoms. The van der Waals surface area contributed by atoms with E-state index in [1.807, 2.05) is 0 Å². The second-order valence-corrected chi connectivity index (χ2v) is 11.2. The second-order valence-electron chi connectivity index (χ2n) is 11.2. The Kier molecular flexibility index (Phi) is 3.10. The molecular weight excluding hydrogens is 340 g/mol. The van der Waals surface area contributed by atoms with Crippen LogP contribution in [0.15, 0.2) is 11.6 Å². The van der Waals surface area contributed by atoms with E-state index < -0.39 is 5.79 Å². The average molecular weight is 373 g/mol. The highest BCUT2D eigenvalue weighted by Gasteiger charge is 2.79. The lowest BCUT2D eigenvalue weighted by atomic mass is 9.54. The van der Waals surface area contributed by atoms with Gasteiger partial charge in [0.05, 0.1) is 13.2 Å². The third-order valence-electron chi connectivity index (χ3n) is 9.02. The number of ether oxygens (including phenoxy) is 3. The van der Waals surface area contributed by atoms with Crippen LogP contribution in [0.1, 0.15) is 72.1 Å². The summed E-state index contributed by atoms with van der Waals surface area (Å²) >= 11 is 0. The van der Waals surface area contributed by atoms with Crippen molar-refractivity contribution in [3.8, 4) is 0 Å². The van der Waals surface area contributed by atoms with Crippen molar-refractivity contribution in [3.05, 3.63) is 11.6 Å². The minimum atomic E-state index is -0.435. The van der Waals surface area contributed by atoms with E-state index in [-0.39, 0.29) is 22.0 Å². The van der Waals surface area contributed by atoms with Crippen molar-refractivity contribution in [2.75, 3.05) is 13.2 Å². The zero-order chi connectivity index (χ0) is 18.7. The number of carbonyl (C=O) groups is 1. The van der Waals surface area contributed by atoms with E-state index in [1.54, 1.807) is 0 Å². The first-order valence-electron chi connectivity index (χ1n) is 11.0. The van der Waals surface area contributed by atoms with Gasteiger partial charge in [-0.15, -0.1) is 0 Å². The van der Waals surface area contributed by atoms with Gasteiger partial charge in [-0.25, -0.2) is 0 Å². The van der Waals surface area contributed by atoms with E-state index >= 15 is 0 Å². The van der Waals surface area contributed by atoms with Crippen LogP contribution in [0.25, 0.3) is 0 Å². The van der Waals surface area contributed by atoms with Crippen LogP contribution in [-0.2, 0) is 19.0 Å². The summed E-state index contributed by atoms with van der Waals surface area (Å²) in [4.78, 5) is 12.5. The lowest BCUT2D eigenvalue weighted by molar-refractivity contribution is -0.313. The zero-order valence-electron chi connectivity index (χ0n) is 16.9. The number of ketones is 1. The Labute approximate surface area is 162 Å². The number of rotatable bonds is 0. The fraction of sp³-hybridized carbons (Fsp3) is 0.870. The normalized spacial score (nSPS) is 51.7. The van der Waals surface area contributed by atoms with Gasteiger partial charge in [0, 0.05) is 30.1 Å². The summed E-state index contributed by atoms with van der Waals surface area (Å²) < 4.78 is 19.3. The predicted molar refractivity (Wildman–Crippen MR) is 100 cm³/mol. The molecular formula is C23H32O4. The number of Topliss-reactive ketones (excluding diaryl/α,β-unsaturated/α-hetero) is 1. The summed E-state index contributed by atoms with van der Waals surface area (Å²) in [6.45, 7) is 8.16. The maximum absolute atomic E-state index is 12.5. The van der Waals surface area contributed by atoms with Crippen molar-refractivity contribution in [2.45, 2.75) is 89.1 Å². The van der Waals surface area contributed by atoms with Crippen molar-refractivity contribution in [2.24, 2.45) is 22.7 Å². The largest absolute Gasteiger partial charge is 0.358 e. The van der Waals surface area contributed by atoms with Crippen molar-refractivity contribution in [3.63, 3.8) is 0 Å². The van der Waals surface area contributed by atoms with Crippen LogP contribution in [0, 0.1) is 22.7 Å². The molecule has 6 rings (SSSR count). The molecule has 6 aliphatic rings. The molecule has 0 radical (unpaired) electrons. The molecule has 0 bridgehead atoms. The van der Waals surface area contributed by atoms with E-state index in [9.17, 15) is 4.79 Å². The zero-order valence-corrected chi connectivity index (χ0v) is 16.9. The Hall–Kier alpha value is -0.710. The Balaban J connectivity index is 1.29. The third kappa shape index (κ3) is 2.03. The fourth-order valence-electron chi connectivity index (χ4n) is 7.35. The van der Waals surface area contributed by atoms with Gasteiger partial charge >= 0.3 is 0 Å². The lowest BCUT2D eigenvalue weighted by Crippen LogP contribution is -2.56. The molecule has 4 heteroatoms. The molecule has 5 atom stereocenters. The summed E-state index contributed by atoms with van der Waals surface area (Å²) in [5, 5.41) is 0. The molecule has 5 fully saturated rings. The van der Waals surface area contributed by atoms with Gasteiger partial charge in [0.1, 0.15) is 17.0 Å². The molecule has 0 N–H and O–H groups in total. The van der Waals surface area contributed by atoms with E-state index in [1.165, 1.54) is 5.57 Å². The summed E-state index contributed by atoms with van der Waals surface area (Å²) in [6.07, 6.45) is 10.2. The SMILES string of the molecule is CC1(C)COC2(CCC34OC3(CC[C@@H]3C4=CC[C@]4(C)C(=O)CC[C@@H]34)C2)OC1. The smallest absolute Gasteiger partial charge is 0.171 e. The highest BCUT2D eigenvalue weighted by molar-refractivity contribution is 5.87. The van der Waals surface area contributed by atoms with Crippen molar-refractivity contribution >= 4 is 5.78 Å². The molecule has 3 saturated carbocycles. The van der Waals surface area contributed by atoms with E-state index in [4.69, 9.17) is 14.2 Å². The van der Waals surface area contributed by atoms with E-state index in [0.29, 0.717) is 17.6 Å². The summed E-state index contributed by atoms with van der Waals surface area (Å²) in [6, 6.07) is 0. The lowest BCUT2D eigenvalue weighted by Gasteiger charge is -2.51. The molecule has 148 valence electrons. The molecule has 2 saturated heterocycles. The molecule has 0 aromatic carbocycles. The molecule has 2 aliphatic heterocycles. The fourth-order valence-corrected chi connectivity index (χ4v) is 7.35. The van der Waals surface area contributed by atoms with Gasteiger partial charge in [-0.2, -0.15) is 0 Å². The average Bonchev–Trinajstić information content (AvgIpc) is 3.23. The number of fused-ring (bicyclic) bond motifs is 3. The van der Waals surface area contributed by atoms with Gasteiger partial charge in [-0.1, -0.05) is 26.8 Å². The van der Waals surface area contributed by atoms with Crippen molar-refractivity contribution in [1.82, 2.24) is 0 Å². The molecule has 0 aromatic heterocycles. The third-order valence-corrected chi connectivity index (χ3v) is 9.02.